The van der Waals surface area contributed by atoms with Gasteiger partial charge in [-0.25, -0.2) is 4.21 Å². The summed E-state index contributed by atoms with van der Waals surface area (Å²) in [4.78, 5) is -3.06. The largest absolute Gasteiger partial charge is 0.750 e. The topological polar surface area (TPSA) is 332 Å². The fourth-order valence-electron chi connectivity index (χ4n) is 8.87. The van der Waals surface area contributed by atoms with E-state index in [-0.39, 0.29) is 55.2 Å². The van der Waals surface area contributed by atoms with E-state index in [4.69, 9.17) is 13.3 Å². The first-order valence-electron chi connectivity index (χ1n) is 22.4. The first-order chi connectivity index (χ1) is 34.1. The van der Waals surface area contributed by atoms with Crippen LogP contribution in [0, 0.1) is 27.7 Å². The molecular weight excluding hydrogens is 1080 g/mol. The Morgan fingerprint density at radius 2 is 0.757 bits per heavy atom. The molecule has 0 aliphatic rings. The third kappa shape index (κ3) is 17.0. The maximum absolute atomic E-state index is 12.4. The van der Waals surface area contributed by atoms with E-state index in [0.717, 1.165) is 30.9 Å². The van der Waals surface area contributed by atoms with Crippen LogP contribution in [-0.2, 0) is 107 Å². The molecule has 0 aliphatic carbocycles. The smallest absolute Gasteiger partial charge is 0.296 e. The lowest BCUT2D eigenvalue weighted by atomic mass is 9.95. The minimum atomic E-state index is -5.27. The van der Waals surface area contributed by atoms with Crippen molar-refractivity contribution in [3.63, 3.8) is 0 Å². The van der Waals surface area contributed by atoms with Crippen molar-refractivity contribution in [1.29, 1.82) is 0 Å². The highest BCUT2D eigenvalue weighted by atomic mass is 32.2. The van der Waals surface area contributed by atoms with Crippen LogP contribution in [0.1, 0.15) is 104 Å². The molecule has 0 radical (unpaired) electrons. The Balaban J connectivity index is 0.000000313. The molecule has 0 saturated carbocycles. The predicted octanol–water partition coefficient (Wildman–Crippen LogP) is 8.23. The summed E-state index contributed by atoms with van der Waals surface area (Å²) in [5.41, 5.74) is 9.33. The summed E-state index contributed by atoms with van der Waals surface area (Å²) in [6.45, 7) is 12.3. The van der Waals surface area contributed by atoms with Crippen molar-refractivity contribution in [3.05, 3.63) is 181 Å². The van der Waals surface area contributed by atoms with Gasteiger partial charge in [0.2, 0.25) is 0 Å². The van der Waals surface area contributed by atoms with E-state index in [9.17, 15) is 64.9 Å². The molecule has 6 rings (SSSR count). The van der Waals surface area contributed by atoms with Gasteiger partial charge in [0.15, 0.2) is 0 Å². The van der Waals surface area contributed by atoms with Crippen LogP contribution in [0.15, 0.2) is 122 Å². The summed E-state index contributed by atoms with van der Waals surface area (Å²) >= 11 is -2.86. The van der Waals surface area contributed by atoms with Crippen molar-refractivity contribution in [2.75, 3.05) is 0 Å². The summed E-state index contributed by atoms with van der Waals surface area (Å²) in [5, 5.41) is 0. The third-order valence-electron chi connectivity index (χ3n) is 11.8. The lowest BCUT2D eigenvalue weighted by molar-refractivity contribution is 0.435. The summed E-state index contributed by atoms with van der Waals surface area (Å²) in [7, 11) is -24.1. The molecule has 1 atom stereocenters. The summed E-state index contributed by atoms with van der Waals surface area (Å²) in [6.07, 6.45) is 2.98. The van der Waals surface area contributed by atoms with Gasteiger partial charge in [-0.2, -0.15) is 42.1 Å². The SMILES string of the molecule is CCc1cc(C)c(S(=O)(=O)O)c(Cc2cc(Cc3cc(C)c(S(=O)(=O)O)c(C)c3)c(S(=O)(=O)O)c(S(=O)(=O)O)c2)c1.CCc1cc(Cc2cccc(Cc3ccc(S(=O)(=O)O)c(CC)c3)c2)ccc1C.O=S([O-])O. The molecule has 1 unspecified atom stereocenters. The standard InChI is InChI=1S/C25H28O12S4.C25H28O3S.H2O3S/c1-5-17-6-16(4)24(40(32,33)34)20(9-17)11-19-12-21(25(41(35,36)37)22(13-19)38(26,27)28)10-18-7-14(2)23(15(3)8-18)39(29,30)31;1-4-23-16-21(10-9-18(23)3)14-19-7-6-8-20(13-19)15-22-11-12-25(29(26,27)28)24(5-2)17-22;1-4(2)3/h6-9,12-13H,5,10-11H2,1-4H3,(H,26,27,28)(H,29,30,31)(H,32,33,34)(H,35,36,37);6-13,16-17H,4-5,14-15H2,1-3H3,(H,26,27,28);(H2,1,2,3)/p-1. The maximum Gasteiger partial charge on any atom is 0.296 e. The Kier molecular flexibility index (Phi) is 20.6. The first-order valence-corrected chi connectivity index (χ1v) is 30.6. The molecule has 6 N–H and O–H groups in total. The predicted molar refractivity (Wildman–Crippen MR) is 278 cm³/mol. The molecule has 74 heavy (non-hydrogen) atoms. The van der Waals surface area contributed by atoms with Crippen LogP contribution < -0.4 is 0 Å². The molecule has 0 heterocycles. The second-order valence-corrected chi connectivity index (χ2v) is 24.7. The molecule has 0 fully saturated rings. The van der Waals surface area contributed by atoms with Crippen molar-refractivity contribution in [2.45, 2.75) is 118 Å². The molecule has 0 amide bonds. The van der Waals surface area contributed by atoms with Crippen molar-refractivity contribution < 1.29 is 78.2 Å². The van der Waals surface area contributed by atoms with E-state index in [1.165, 1.54) is 78.9 Å². The Bertz CT molecular complexity index is 3660. The second-order valence-electron chi connectivity index (χ2n) is 17.4. The Morgan fingerprint density at radius 1 is 0.378 bits per heavy atom. The molecule has 402 valence electrons. The van der Waals surface area contributed by atoms with Gasteiger partial charge in [-0.05, 0) is 168 Å². The molecular formula is C50H57O18S6-. The summed E-state index contributed by atoms with van der Waals surface area (Å²) in [6, 6.07) is 28.0. The van der Waals surface area contributed by atoms with E-state index >= 15 is 0 Å². The summed E-state index contributed by atoms with van der Waals surface area (Å²) < 4.78 is 193. The number of hydrogen-bond acceptors (Lipinski definition) is 12. The molecule has 6 aromatic carbocycles. The maximum atomic E-state index is 12.4. The van der Waals surface area contributed by atoms with Crippen LogP contribution in [0.2, 0.25) is 0 Å². The van der Waals surface area contributed by atoms with E-state index in [0.29, 0.717) is 24.0 Å². The number of hydrogen-bond donors (Lipinski definition) is 6. The van der Waals surface area contributed by atoms with Gasteiger partial charge in [0.1, 0.15) is 14.7 Å². The van der Waals surface area contributed by atoms with Crippen LogP contribution in [-0.4, -0.2) is 78.2 Å². The van der Waals surface area contributed by atoms with Gasteiger partial charge < -0.3 is 9.11 Å². The molecule has 6 aromatic rings. The lowest BCUT2D eigenvalue weighted by Crippen LogP contribution is -2.14. The van der Waals surface area contributed by atoms with Crippen LogP contribution in [0.5, 0.6) is 0 Å². The lowest BCUT2D eigenvalue weighted by Gasteiger charge is -2.17. The zero-order valence-electron chi connectivity index (χ0n) is 41.2. The molecule has 0 aromatic heterocycles. The molecule has 0 aliphatic heterocycles. The van der Waals surface area contributed by atoms with Crippen molar-refractivity contribution in [3.8, 4) is 0 Å². The molecule has 0 bridgehead atoms. The minimum absolute atomic E-state index is 0.00333. The minimum Gasteiger partial charge on any atom is -0.750 e. The quantitative estimate of drug-likeness (QED) is 0.0392. The van der Waals surface area contributed by atoms with Gasteiger partial charge >= 0.3 is 0 Å². The van der Waals surface area contributed by atoms with Crippen molar-refractivity contribution in [1.82, 2.24) is 0 Å². The number of rotatable bonds is 16. The first kappa shape index (κ1) is 61.5. The van der Waals surface area contributed by atoms with E-state index in [2.05, 4.69) is 56.3 Å². The third-order valence-corrected chi connectivity index (χ3v) is 17.0. The van der Waals surface area contributed by atoms with Gasteiger partial charge in [-0.3, -0.25) is 22.8 Å². The molecule has 24 heteroatoms. The van der Waals surface area contributed by atoms with Crippen molar-refractivity contribution >= 4 is 62.0 Å². The van der Waals surface area contributed by atoms with Crippen LogP contribution >= 0.6 is 0 Å². The van der Waals surface area contributed by atoms with Gasteiger partial charge in [0, 0.05) is 0 Å². The van der Waals surface area contributed by atoms with E-state index < -0.39 is 83.1 Å². The highest BCUT2D eigenvalue weighted by Gasteiger charge is 2.30. The second kappa shape index (κ2) is 24.7. The van der Waals surface area contributed by atoms with E-state index in [1.807, 2.05) is 13.0 Å². The van der Waals surface area contributed by atoms with Gasteiger partial charge in [0.25, 0.3) is 50.6 Å². The average Bonchev–Trinajstić information content (AvgIpc) is 3.24. The number of benzene rings is 6. The van der Waals surface area contributed by atoms with Gasteiger partial charge in [-0.1, -0.05) is 106 Å². The fraction of sp³-hybridized carbons (Fsp3) is 0.280. The zero-order valence-corrected chi connectivity index (χ0v) is 46.1. The molecule has 0 saturated heterocycles. The Labute approximate surface area is 435 Å². The zero-order chi connectivity index (χ0) is 55.9. The highest BCUT2D eigenvalue weighted by molar-refractivity contribution is 7.89. The monoisotopic (exact) mass is 1140 g/mol. The molecule has 18 nitrogen and oxygen atoms in total. The Morgan fingerprint density at radius 3 is 1.20 bits per heavy atom. The molecule has 0 spiro atoms. The average molecular weight is 1140 g/mol. The van der Waals surface area contributed by atoms with Crippen molar-refractivity contribution in [2.24, 2.45) is 0 Å². The van der Waals surface area contributed by atoms with Gasteiger partial charge in [0.05, 0.1) is 21.2 Å². The number of aryl methyl sites for hydroxylation is 7. The van der Waals surface area contributed by atoms with Crippen LogP contribution in [0.3, 0.4) is 0 Å². The normalized spacial score (nSPS) is 12.6. The fourth-order valence-corrected chi connectivity index (χ4v) is 13.6. The highest BCUT2D eigenvalue weighted by Crippen LogP contribution is 2.33. The van der Waals surface area contributed by atoms with Crippen LogP contribution in [0.25, 0.3) is 0 Å². The van der Waals surface area contributed by atoms with Crippen LogP contribution in [0.4, 0.5) is 0 Å². The van der Waals surface area contributed by atoms with E-state index in [1.54, 1.807) is 19.1 Å². The van der Waals surface area contributed by atoms with Gasteiger partial charge in [-0.15, -0.1) is 0 Å². The summed E-state index contributed by atoms with van der Waals surface area (Å²) in [5.74, 6) is 0. The Hall–Kier alpha value is -5.06.